The van der Waals surface area contributed by atoms with Gasteiger partial charge in [0.05, 0.1) is 4.90 Å². The van der Waals surface area contributed by atoms with Gasteiger partial charge in [-0.25, -0.2) is 13.1 Å². The van der Waals surface area contributed by atoms with Crippen LogP contribution in [-0.4, -0.2) is 28.2 Å². The van der Waals surface area contributed by atoms with Crippen LogP contribution in [0.15, 0.2) is 27.6 Å². The minimum atomic E-state index is -3.54. The normalized spacial score (nSPS) is 11.7. The van der Waals surface area contributed by atoms with Crippen molar-refractivity contribution >= 4 is 31.6 Å². The van der Waals surface area contributed by atoms with E-state index in [1.54, 1.807) is 12.1 Å². The van der Waals surface area contributed by atoms with Gasteiger partial charge in [-0.15, -0.1) is 0 Å². The molecule has 0 saturated carbocycles. The number of hydrogen-bond donors (Lipinski definition) is 2. The van der Waals surface area contributed by atoms with E-state index in [2.05, 4.69) is 20.7 Å². The summed E-state index contributed by atoms with van der Waals surface area (Å²) in [7, 11) is -3.54. The number of nitrogens with one attached hydrogen (secondary N) is 1. The van der Waals surface area contributed by atoms with Gasteiger partial charge in [0.15, 0.2) is 0 Å². The number of sulfonamides is 1. The van der Waals surface area contributed by atoms with Gasteiger partial charge in [0.2, 0.25) is 10.0 Å². The van der Waals surface area contributed by atoms with E-state index in [1.807, 2.05) is 6.92 Å². The molecule has 19 heavy (non-hydrogen) atoms. The Morgan fingerprint density at radius 1 is 1.37 bits per heavy atom. The van der Waals surface area contributed by atoms with Gasteiger partial charge >= 0.3 is 0 Å². The predicted octanol–water partition coefficient (Wildman–Crippen LogP) is 2.13. The third-order valence-electron chi connectivity index (χ3n) is 2.35. The van der Waals surface area contributed by atoms with Crippen LogP contribution >= 0.6 is 15.9 Å². The predicted molar refractivity (Wildman–Crippen MR) is 79.5 cm³/mol. The van der Waals surface area contributed by atoms with Crippen molar-refractivity contribution < 1.29 is 13.2 Å². The fourth-order valence-corrected chi connectivity index (χ4v) is 3.50. The lowest BCUT2D eigenvalue weighted by Gasteiger charge is -2.09. The maximum Gasteiger partial charge on any atom is 0.241 e. The van der Waals surface area contributed by atoms with Crippen LogP contribution in [0, 0.1) is 0 Å². The largest absolute Gasteiger partial charge is 0.399 e. The Morgan fingerprint density at radius 2 is 2.11 bits per heavy atom. The molecule has 0 atom stereocenters. The molecule has 1 aromatic carbocycles. The van der Waals surface area contributed by atoms with Crippen LogP contribution in [0.3, 0.4) is 0 Å². The Bertz CT molecular complexity index is 506. The van der Waals surface area contributed by atoms with Crippen LogP contribution < -0.4 is 10.5 Å². The average Bonchev–Trinajstić information content (AvgIpc) is 2.36. The Balaban J connectivity index is 2.54. The molecule has 0 radical (unpaired) electrons. The number of anilines is 1. The van der Waals surface area contributed by atoms with E-state index in [1.165, 1.54) is 6.07 Å². The molecule has 5 nitrogen and oxygen atoms in total. The molecule has 0 unspecified atom stereocenters. The molecule has 0 aliphatic heterocycles. The van der Waals surface area contributed by atoms with E-state index in [4.69, 9.17) is 10.5 Å². The van der Waals surface area contributed by atoms with Gasteiger partial charge < -0.3 is 10.5 Å². The minimum absolute atomic E-state index is 0.155. The van der Waals surface area contributed by atoms with Gasteiger partial charge in [-0.05, 0) is 47.0 Å². The number of hydrogen-bond acceptors (Lipinski definition) is 4. The molecule has 0 heterocycles. The van der Waals surface area contributed by atoms with E-state index in [-0.39, 0.29) is 4.90 Å². The van der Waals surface area contributed by atoms with Crippen molar-refractivity contribution in [2.45, 2.75) is 24.7 Å². The first kappa shape index (κ1) is 16.4. The van der Waals surface area contributed by atoms with Gasteiger partial charge in [-0.3, -0.25) is 0 Å². The van der Waals surface area contributed by atoms with Crippen molar-refractivity contribution in [3.05, 3.63) is 22.7 Å². The van der Waals surface area contributed by atoms with E-state index >= 15 is 0 Å². The number of nitrogen functional groups attached to an aromatic ring is 1. The van der Waals surface area contributed by atoms with Crippen molar-refractivity contribution in [2.24, 2.45) is 0 Å². The van der Waals surface area contributed by atoms with E-state index in [9.17, 15) is 8.42 Å². The van der Waals surface area contributed by atoms with Gasteiger partial charge in [-0.1, -0.05) is 6.92 Å². The summed E-state index contributed by atoms with van der Waals surface area (Å²) in [6.45, 7) is 3.62. The Labute approximate surface area is 122 Å². The Morgan fingerprint density at radius 3 is 2.79 bits per heavy atom. The zero-order chi connectivity index (χ0) is 14.3. The lowest BCUT2D eigenvalue weighted by atomic mass is 10.3. The zero-order valence-electron chi connectivity index (χ0n) is 10.9. The van der Waals surface area contributed by atoms with Crippen molar-refractivity contribution in [2.75, 3.05) is 25.5 Å². The van der Waals surface area contributed by atoms with Gasteiger partial charge in [0, 0.05) is 29.9 Å². The maximum atomic E-state index is 12.1. The first-order valence-corrected chi connectivity index (χ1v) is 8.37. The van der Waals surface area contributed by atoms with Crippen molar-refractivity contribution in [1.29, 1.82) is 0 Å². The first-order chi connectivity index (χ1) is 8.97. The summed E-state index contributed by atoms with van der Waals surface area (Å²) in [5.74, 6) is 0. The van der Waals surface area contributed by atoms with Crippen LogP contribution in [0.4, 0.5) is 5.69 Å². The lowest BCUT2D eigenvalue weighted by Crippen LogP contribution is -2.26. The average molecular weight is 351 g/mol. The van der Waals surface area contributed by atoms with E-state index in [0.29, 0.717) is 36.3 Å². The number of benzene rings is 1. The molecular formula is C12H19BrN2O3S. The van der Waals surface area contributed by atoms with Crippen LogP contribution in [-0.2, 0) is 14.8 Å². The fourth-order valence-electron chi connectivity index (χ4n) is 1.43. The first-order valence-electron chi connectivity index (χ1n) is 6.10. The highest BCUT2D eigenvalue weighted by molar-refractivity contribution is 9.10. The summed E-state index contributed by atoms with van der Waals surface area (Å²) in [4.78, 5) is 0.155. The lowest BCUT2D eigenvalue weighted by molar-refractivity contribution is 0.133. The van der Waals surface area contributed by atoms with E-state index in [0.717, 1.165) is 6.42 Å². The Hall–Kier alpha value is -0.630. The highest BCUT2D eigenvalue weighted by atomic mass is 79.9. The number of ether oxygens (including phenoxy) is 1. The minimum Gasteiger partial charge on any atom is -0.399 e. The summed E-state index contributed by atoms with van der Waals surface area (Å²) < 4.78 is 32.4. The number of rotatable bonds is 8. The summed E-state index contributed by atoms with van der Waals surface area (Å²) in [6, 6.07) is 4.69. The number of halogens is 1. The van der Waals surface area contributed by atoms with Crippen LogP contribution in [0.1, 0.15) is 19.8 Å². The van der Waals surface area contributed by atoms with Crippen molar-refractivity contribution in [3.63, 3.8) is 0 Å². The molecule has 3 N–H and O–H groups in total. The molecule has 0 saturated heterocycles. The molecule has 0 aliphatic rings. The number of nitrogens with two attached hydrogens (primary N) is 1. The zero-order valence-corrected chi connectivity index (χ0v) is 13.3. The second kappa shape index (κ2) is 7.84. The van der Waals surface area contributed by atoms with Gasteiger partial charge in [0.1, 0.15) is 0 Å². The summed E-state index contributed by atoms with van der Waals surface area (Å²) in [5.41, 5.74) is 6.01. The highest BCUT2D eigenvalue weighted by Gasteiger charge is 2.17. The van der Waals surface area contributed by atoms with Gasteiger partial charge in [0.25, 0.3) is 0 Å². The SMILES string of the molecule is CCCOCCCNS(=O)(=O)c1cc(N)ccc1Br. The summed E-state index contributed by atoms with van der Waals surface area (Å²) >= 11 is 3.21. The van der Waals surface area contributed by atoms with Gasteiger partial charge in [-0.2, -0.15) is 0 Å². The summed E-state index contributed by atoms with van der Waals surface area (Å²) in [5, 5.41) is 0. The Kier molecular flexibility index (Phi) is 6.78. The standard InChI is InChI=1S/C12H19BrN2O3S/c1-2-7-18-8-3-6-15-19(16,17)12-9-10(14)4-5-11(12)13/h4-5,9,15H,2-3,6-8,14H2,1H3. The second-order valence-corrected chi connectivity index (χ2v) is 6.64. The monoisotopic (exact) mass is 350 g/mol. The molecule has 0 fully saturated rings. The third-order valence-corrected chi connectivity index (χ3v) is 4.81. The molecule has 1 rings (SSSR count). The van der Waals surface area contributed by atoms with Crippen LogP contribution in [0.25, 0.3) is 0 Å². The fraction of sp³-hybridized carbons (Fsp3) is 0.500. The topological polar surface area (TPSA) is 81.4 Å². The molecule has 0 bridgehead atoms. The molecule has 1 aromatic rings. The van der Waals surface area contributed by atoms with Crippen molar-refractivity contribution in [3.8, 4) is 0 Å². The maximum absolute atomic E-state index is 12.1. The highest BCUT2D eigenvalue weighted by Crippen LogP contribution is 2.23. The van der Waals surface area contributed by atoms with Crippen molar-refractivity contribution in [1.82, 2.24) is 4.72 Å². The third kappa shape index (κ3) is 5.48. The molecule has 0 spiro atoms. The molecule has 0 amide bonds. The summed E-state index contributed by atoms with van der Waals surface area (Å²) in [6.07, 6.45) is 1.60. The molecule has 0 aromatic heterocycles. The van der Waals surface area contributed by atoms with Crippen LogP contribution in [0.2, 0.25) is 0 Å². The molecule has 0 aliphatic carbocycles. The second-order valence-electron chi connectivity index (χ2n) is 4.05. The molecule has 108 valence electrons. The quantitative estimate of drug-likeness (QED) is 0.555. The molecule has 7 heteroatoms. The smallest absolute Gasteiger partial charge is 0.241 e. The molecular weight excluding hydrogens is 332 g/mol. The van der Waals surface area contributed by atoms with E-state index < -0.39 is 10.0 Å². The van der Waals surface area contributed by atoms with Crippen LogP contribution in [0.5, 0.6) is 0 Å².